The third-order valence-corrected chi connectivity index (χ3v) is 4.07. The predicted octanol–water partition coefficient (Wildman–Crippen LogP) is 2.14. The number of likely N-dealkylation sites (tertiary alicyclic amines) is 1. The number of carboxylic acids is 1. The molecule has 114 valence electrons. The summed E-state index contributed by atoms with van der Waals surface area (Å²) in [6.45, 7) is 3.72. The summed E-state index contributed by atoms with van der Waals surface area (Å²) in [5, 5.41) is 9.15. The van der Waals surface area contributed by atoms with Crippen molar-refractivity contribution in [3.63, 3.8) is 0 Å². The van der Waals surface area contributed by atoms with Gasteiger partial charge in [-0.1, -0.05) is 6.07 Å². The molecule has 2 aliphatic heterocycles. The van der Waals surface area contributed by atoms with Gasteiger partial charge in [-0.15, -0.1) is 0 Å². The van der Waals surface area contributed by atoms with Crippen molar-refractivity contribution in [3.05, 3.63) is 23.8 Å². The number of ether oxygens (including phenoxy) is 2. The molecule has 1 unspecified atom stereocenters. The molecule has 0 saturated carbocycles. The minimum atomic E-state index is -0.682. The smallest absolute Gasteiger partial charge is 0.307 e. The van der Waals surface area contributed by atoms with E-state index in [0.717, 1.165) is 49.4 Å². The zero-order chi connectivity index (χ0) is 14.7. The summed E-state index contributed by atoms with van der Waals surface area (Å²) in [5.74, 6) is 0.688. The fraction of sp³-hybridized carbons (Fsp3) is 0.562. The maximum atomic E-state index is 11.1. The second-order valence-electron chi connectivity index (χ2n) is 5.74. The molecule has 1 atom stereocenters. The lowest BCUT2D eigenvalue weighted by Crippen LogP contribution is -2.38. The van der Waals surface area contributed by atoms with E-state index < -0.39 is 5.97 Å². The first kappa shape index (κ1) is 14.2. The Bertz CT molecular complexity index is 517. The summed E-state index contributed by atoms with van der Waals surface area (Å²) in [5.41, 5.74) is 1.14. The molecule has 2 heterocycles. The van der Waals surface area contributed by atoms with Crippen molar-refractivity contribution in [2.24, 2.45) is 5.92 Å². The van der Waals surface area contributed by atoms with Crippen LogP contribution in [0, 0.1) is 5.92 Å². The first-order valence-electron chi connectivity index (χ1n) is 7.56. The van der Waals surface area contributed by atoms with Gasteiger partial charge in [0, 0.05) is 19.5 Å². The van der Waals surface area contributed by atoms with Crippen LogP contribution in [-0.4, -0.2) is 42.3 Å². The topological polar surface area (TPSA) is 59.0 Å². The molecule has 1 saturated heterocycles. The third-order valence-electron chi connectivity index (χ3n) is 4.07. The van der Waals surface area contributed by atoms with Crippen LogP contribution in [0.1, 0.15) is 24.8 Å². The number of hydrogen-bond donors (Lipinski definition) is 1. The van der Waals surface area contributed by atoms with E-state index in [1.165, 1.54) is 0 Å². The molecule has 5 heteroatoms. The van der Waals surface area contributed by atoms with Crippen LogP contribution >= 0.6 is 0 Å². The third kappa shape index (κ3) is 3.47. The van der Waals surface area contributed by atoms with E-state index in [4.69, 9.17) is 14.6 Å². The molecule has 0 spiro atoms. The Morgan fingerprint density at radius 1 is 1.24 bits per heavy atom. The van der Waals surface area contributed by atoms with E-state index in [-0.39, 0.29) is 5.92 Å². The minimum absolute atomic E-state index is 0.237. The van der Waals surface area contributed by atoms with Crippen LogP contribution in [0.4, 0.5) is 0 Å². The Balaban J connectivity index is 1.67. The highest BCUT2D eigenvalue weighted by molar-refractivity contribution is 5.70. The van der Waals surface area contributed by atoms with Gasteiger partial charge < -0.3 is 14.6 Å². The Hall–Kier alpha value is -1.75. The van der Waals surface area contributed by atoms with E-state index in [9.17, 15) is 4.79 Å². The van der Waals surface area contributed by atoms with E-state index in [1.807, 2.05) is 18.2 Å². The van der Waals surface area contributed by atoms with E-state index in [1.54, 1.807) is 0 Å². The molecule has 0 aromatic heterocycles. The first-order valence-corrected chi connectivity index (χ1v) is 7.56. The monoisotopic (exact) mass is 291 g/mol. The van der Waals surface area contributed by atoms with Crippen molar-refractivity contribution in [2.45, 2.75) is 25.8 Å². The number of carboxylic acid groups (broad SMARTS) is 1. The molecule has 0 amide bonds. The number of carbonyl (C=O) groups is 1. The molecule has 1 aromatic rings. The van der Waals surface area contributed by atoms with Crippen LogP contribution in [-0.2, 0) is 11.3 Å². The van der Waals surface area contributed by atoms with E-state index in [0.29, 0.717) is 19.8 Å². The summed E-state index contributed by atoms with van der Waals surface area (Å²) < 4.78 is 11.3. The molecule has 1 fully saturated rings. The van der Waals surface area contributed by atoms with Gasteiger partial charge in [-0.3, -0.25) is 9.69 Å². The predicted molar refractivity (Wildman–Crippen MR) is 77.7 cm³/mol. The molecule has 2 aliphatic rings. The van der Waals surface area contributed by atoms with Crippen molar-refractivity contribution >= 4 is 5.97 Å². The van der Waals surface area contributed by atoms with Crippen LogP contribution in [0.2, 0.25) is 0 Å². The van der Waals surface area contributed by atoms with Crippen molar-refractivity contribution in [1.82, 2.24) is 4.90 Å². The van der Waals surface area contributed by atoms with Crippen LogP contribution in [0.15, 0.2) is 18.2 Å². The van der Waals surface area contributed by atoms with Crippen molar-refractivity contribution in [2.75, 3.05) is 26.3 Å². The van der Waals surface area contributed by atoms with Gasteiger partial charge in [0.25, 0.3) is 0 Å². The number of hydrogen-bond acceptors (Lipinski definition) is 4. The molecule has 1 N–H and O–H groups in total. The molecular formula is C16H21NO4. The molecule has 0 aliphatic carbocycles. The Morgan fingerprint density at radius 2 is 2.05 bits per heavy atom. The van der Waals surface area contributed by atoms with Gasteiger partial charge in [0.2, 0.25) is 0 Å². The fourth-order valence-corrected chi connectivity index (χ4v) is 2.96. The number of rotatable bonds is 3. The van der Waals surface area contributed by atoms with Crippen LogP contribution in [0.25, 0.3) is 0 Å². The highest BCUT2D eigenvalue weighted by Crippen LogP contribution is 2.31. The van der Waals surface area contributed by atoms with Crippen molar-refractivity contribution in [1.29, 1.82) is 0 Å². The highest BCUT2D eigenvalue weighted by atomic mass is 16.5. The maximum Gasteiger partial charge on any atom is 0.307 e. The number of fused-ring (bicyclic) bond motifs is 1. The zero-order valence-corrected chi connectivity index (χ0v) is 12.1. The maximum absolute atomic E-state index is 11.1. The van der Waals surface area contributed by atoms with Gasteiger partial charge >= 0.3 is 5.97 Å². The molecule has 5 nitrogen and oxygen atoms in total. The summed E-state index contributed by atoms with van der Waals surface area (Å²) in [7, 11) is 0. The quantitative estimate of drug-likeness (QED) is 0.924. The standard InChI is InChI=1S/C16H21NO4/c18-16(19)13-3-1-6-17(11-13)10-12-4-5-14-15(9-12)21-8-2-7-20-14/h4-5,9,13H,1-3,6-8,10-11H2,(H,18,19). The summed E-state index contributed by atoms with van der Waals surface area (Å²) in [6.07, 6.45) is 2.63. The summed E-state index contributed by atoms with van der Waals surface area (Å²) in [6, 6.07) is 6.01. The molecule has 21 heavy (non-hydrogen) atoms. The van der Waals surface area contributed by atoms with E-state index in [2.05, 4.69) is 4.90 Å². The number of benzene rings is 1. The lowest BCUT2D eigenvalue weighted by Gasteiger charge is -2.30. The number of piperidine rings is 1. The van der Waals surface area contributed by atoms with Gasteiger partial charge in [0.05, 0.1) is 19.1 Å². The largest absolute Gasteiger partial charge is 0.490 e. The Labute approximate surface area is 124 Å². The number of nitrogens with zero attached hydrogens (tertiary/aromatic N) is 1. The average molecular weight is 291 g/mol. The van der Waals surface area contributed by atoms with Gasteiger partial charge in [0.15, 0.2) is 11.5 Å². The van der Waals surface area contributed by atoms with Crippen molar-refractivity contribution < 1.29 is 19.4 Å². The zero-order valence-electron chi connectivity index (χ0n) is 12.1. The van der Waals surface area contributed by atoms with Gasteiger partial charge in [0.1, 0.15) is 0 Å². The van der Waals surface area contributed by atoms with Crippen LogP contribution in [0.3, 0.4) is 0 Å². The van der Waals surface area contributed by atoms with Crippen molar-refractivity contribution in [3.8, 4) is 11.5 Å². The molecular weight excluding hydrogens is 270 g/mol. The second kappa shape index (κ2) is 6.35. The Kier molecular flexibility index (Phi) is 4.29. The van der Waals surface area contributed by atoms with Crippen LogP contribution < -0.4 is 9.47 Å². The summed E-state index contributed by atoms with van der Waals surface area (Å²) >= 11 is 0. The highest BCUT2D eigenvalue weighted by Gasteiger charge is 2.25. The second-order valence-corrected chi connectivity index (χ2v) is 5.74. The lowest BCUT2D eigenvalue weighted by molar-refractivity contribution is -0.143. The SMILES string of the molecule is O=C(O)C1CCCN(Cc2ccc3c(c2)OCCCO3)C1. The van der Waals surface area contributed by atoms with Gasteiger partial charge in [-0.2, -0.15) is 0 Å². The molecule has 1 aromatic carbocycles. The normalized spacial score (nSPS) is 22.6. The minimum Gasteiger partial charge on any atom is -0.490 e. The van der Waals surface area contributed by atoms with E-state index >= 15 is 0 Å². The van der Waals surface area contributed by atoms with Gasteiger partial charge in [-0.05, 0) is 37.1 Å². The fourth-order valence-electron chi connectivity index (χ4n) is 2.96. The molecule has 0 radical (unpaired) electrons. The molecule has 0 bridgehead atoms. The van der Waals surface area contributed by atoms with Crippen LogP contribution in [0.5, 0.6) is 11.5 Å². The molecule has 3 rings (SSSR count). The first-order chi connectivity index (χ1) is 10.2. The van der Waals surface area contributed by atoms with Gasteiger partial charge in [-0.25, -0.2) is 0 Å². The number of aliphatic carboxylic acids is 1. The lowest BCUT2D eigenvalue weighted by atomic mass is 9.98. The average Bonchev–Trinajstić information content (AvgIpc) is 2.72. The Morgan fingerprint density at radius 3 is 2.86 bits per heavy atom. The summed E-state index contributed by atoms with van der Waals surface area (Å²) in [4.78, 5) is 13.3.